The van der Waals surface area contributed by atoms with E-state index in [1.807, 2.05) is 68.3 Å². The Kier molecular flexibility index (Phi) is 6.18. The molecule has 0 saturated carbocycles. The summed E-state index contributed by atoms with van der Waals surface area (Å²) in [5, 5.41) is 2.94. The van der Waals surface area contributed by atoms with Crippen molar-refractivity contribution >= 4 is 11.6 Å². The van der Waals surface area contributed by atoms with Crippen molar-refractivity contribution < 1.29 is 9.53 Å². The van der Waals surface area contributed by atoms with Crippen LogP contribution in [0.5, 0.6) is 5.75 Å². The molecule has 0 aliphatic heterocycles. The molecule has 1 atom stereocenters. The highest BCUT2D eigenvalue weighted by atomic mass is 16.5. The van der Waals surface area contributed by atoms with Crippen LogP contribution in [0.15, 0.2) is 54.6 Å². The molecule has 23 heavy (non-hydrogen) atoms. The number of nitrogens with one attached hydrogen (secondary N) is 1. The monoisotopic (exact) mass is 312 g/mol. The molecular weight excluding hydrogens is 288 g/mol. The molecule has 122 valence electrons. The van der Waals surface area contributed by atoms with Crippen molar-refractivity contribution in [3.05, 3.63) is 60.2 Å². The SMILES string of the molecule is CCOc1ccc(NC(=O)[C@H](C)N(C)Cc2ccccc2)cc1. The molecule has 0 aliphatic rings. The first kappa shape index (κ1) is 17.0. The molecule has 0 unspecified atom stereocenters. The lowest BCUT2D eigenvalue weighted by Gasteiger charge is -2.24. The Morgan fingerprint density at radius 3 is 2.39 bits per heavy atom. The Balaban J connectivity index is 1.91. The van der Waals surface area contributed by atoms with Crippen LogP contribution >= 0.6 is 0 Å². The predicted octanol–water partition coefficient (Wildman–Crippen LogP) is 3.54. The van der Waals surface area contributed by atoms with E-state index in [1.54, 1.807) is 0 Å². The quantitative estimate of drug-likeness (QED) is 0.850. The first-order valence-corrected chi connectivity index (χ1v) is 7.88. The van der Waals surface area contributed by atoms with Crippen molar-refractivity contribution in [1.29, 1.82) is 0 Å². The van der Waals surface area contributed by atoms with Gasteiger partial charge in [-0.25, -0.2) is 0 Å². The van der Waals surface area contributed by atoms with E-state index in [-0.39, 0.29) is 11.9 Å². The Labute approximate surface area is 138 Å². The first-order valence-electron chi connectivity index (χ1n) is 7.88. The maximum Gasteiger partial charge on any atom is 0.241 e. The van der Waals surface area contributed by atoms with Gasteiger partial charge in [-0.15, -0.1) is 0 Å². The molecular formula is C19H24N2O2. The zero-order chi connectivity index (χ0) is 16.7. The summed E-state index contributed by atoms with van der Waals surface area (Å²) < 4.78 is 5.40. The molecule has 0 saturated heterocycles. The molecule has 0 heterocycles. The maximum atomic E-state index is 12.4. The summed E-state index contributed by atoms with van der Waals surface area (Å²) in [4.78, 5) is 14.4. The molecule has 0 radical (unpaired) electrons. The largest absolute Gasteiger partial charge is 0.494 e. The Morgan fingerprint density at radius 2 is 1.78 bits per heavy atom. The van der Waals surface area contributed by atoms with E-state index in [0.717, 1.165) is 18.0 Å². The number of likely N-dealkylation sites (N-methyl/N-ethyl adjacent to an activating group) is 1. The number of carbonyl (C=O) groups is 1. The third-order valence-electron chi connectivity index (χ3n) is 3.75. The van der Waals surface area contributed by atoms with Crippen LogP contribution in [0.1, 0.15) is 19.4 Å². The van der Waals surface area contributed by atoms with Gasteiger partial charge in [0.1, 0.15) is 5.75 Å². The molecule has 4 heteroatoms. The first-order chi connectivity index (χ1) is 11.1. The van der Waals surface area contributed by atoms with Crippen molar-refractivity contribution in [1.82, 2.24) is 4.90 Å². The van der Waals surface area contributed by atoms with Gasteiger partial charge in [0.2, 0.25) is 5.91 Å². The van der Waals surface area contributed by atoms with E-state index in [2.05, 4.69) is 17.4 Å². The smallest absolute Gasteiger partial charge is 0.241 e. The number of carbonyl (C=O) groups excluding carboxylic acids is 1. The number of anilines is 1. The molecule has 4 nitrogen and oxygen atoms in total. The number of hydrogen-bond acceptors (Lipinski definition) is 3. The third-order valence-corrected chi connectivity index (χ3v) is 3.75. The minimum atomic E-state index is -0.221. The third kappa shape index (κ3) is 5.11. The topological polar surface area (TPSA) is 41.6 Å². The normalized spacial score (nSPS) is 12.0. The molecule has 2 aromatic rings. The summed E-state index contributed by atoms with van der Waals surface area (Å²) >= 11 is 0. The molecule has 1 amide bonds. The summed E-state index contributed by atoms with van der Waals surface area (Å²) in [6.45, 7) is 5.22. The van der Waals surface area contributed by atoms with Gasteiger partial charge < -0.3 is 10.1 Å². The Morgan fingerprint density at radius 1 is 1.13 bits per heavy atom. The lowest BCUT2D eigenvalue weighted by atomic mass is 10.2. The van der Waals surface area contributed by atoms with Crippen LogP contribution in [0.25, 0.3) is 0 Å². The maximum absolute atomic E-state index is 12.4. The molecule has 1 N–H and O–H groups in total. The number of ether oxygens (including phenoxy) is 1. The van der Waals surface area contributed by atoms with Gasteiger partial charge in [0.15, 0.2) is 0 Å². The van der Waals surface area contributed by atoms with E-state index in [4.69, 9.17) is 4.74 Å². The van der Waals surface area contributed by atoms with Gasteiger partial charge in [-0.05, 0) is 50.7 Å². The van der Waals surface area contributed by atoms with Crippen molar-refractivity contribution in [3.8, 4) is 5.75 Å². The number of nitrogens with zero attached hydrogens (tertiary/aromatic N) is 1. The van der Waals surface area contributed by atoms with E-state index in [0.29, 0.717) is 6.61 Å². The second kappa shape index (κ2) is 8.34. The predicted molar refractivity (Wildman–Crippen MR) is 93.6 cm³/mol. The fraction of sp³-hybridized carbons (Fsp3) is 0.316. The van der Waals surface area contributed by atoms with Crippen LogP contribution in [0.3, 0.4) is 0 Å². The average Bonchev–Trinajstić information content (AvgIpc) is 2.57. The molecule has 2 aromatic carbocycles. The Bertz CT molecular complexity index is 611. The molecule has 0 fully saturated rings. The van der Waals surface area contributed by atoms with Gasteiger partial charge in [-0.2, -0.15) is 0 Å². The fourth-order valence-corrected chi connectivity index (χ4v) is 2.26. The van der Waals surface area contributed by atoms with Crippen LogP contribution in [-0.2, 0) is 11.3 Å². The summed E-state index contributed by atoms with van der Waals surface area (Å²) in [5.41, 5.74) is 1.97. The van der Waals surface area contributed by atoms with Crippen LogP contribution in [0, 0.1) is 0 Å². The van der Waals surface area contributed by atoms with Crippen molar-refractivity contribution in [3.63, 3.8) is 0 Å². The van der Waals surface area contributed by atoms with Crippen molar-refractivity contribution in [2.24, 2.45) is 0 Å². The van der Waals surface area contributed by atoms with Crippen LogP contribution < -0.4 is 10.1 Å². The summed E-state index contributed by atoms with van der Waals surface area (Å²) in [7, 11) is 1.95. The van der Waals surface area contributed by atoms with E-state index in [1.165, 1.54) is 5.56 Å². The summed E-state index contributed by atoms with van der Waals surface area (Å²) in [5.74, 6) is 0.785. The average molecular weight is 312 g/mol. The lowest BCUT2D eigenvalue weighted by molar-refractivity contribution is -0.120. The minimum absolute atomic E-state index is 0.0207. The second-order valence-corrected chi connectivity index (χ2v) is 5.52. The van der Waals surface area contributed by atoms with Gasteiger partial charge >= 0.3 is 0 Å². The van der Waals surface area contributed by atoms with Gasteiger partial charge in [-0.1, -0.05) is 30.3 Å². The minimum Gasteiger partial charge on any atom is -0.494 e. The lowest BCUT2D eigenvalue weighted by Crippen LogP contribution is -2.39. The van der Waals surface area contributed by atoms with Crippen LogP contribution in [-0.4, -0.2) is 30.5 Å². The van der Waals surface area contributed by atoms with E-state index in [9.17, 15) is 4.79 Å². The van der Waals surface area contributed by atoms with Crippen molar-refractivity contribution in [2.75, 3.05) is 19.0 Å². The zero-order valence-electron chi connectivity index (χ0n) is 14.0. The molecule has 2 rings (SSSR count). The van der Waals surface area contributed by atoms with Crippen molar-refractivity contribution in [2.45, 2.75) is 26.4 Å². The second-order valence-electron chi connectivity index (χ2n) is 5.52. The molecule has 0 bridgehead atoms. The highest BCUT2D eigenvalue weighted by Gasteiger charge is 2.18. The fourth-order valence-electron chi connectivity index (χ4n) is 2.26. The summed E-state index contributed by atoms with van der Waals surface area (Å²) in [6, 6.07) is 17.3. The highest BCUT2D eigenvalue weighted by Crippen LogP contribution is 2.16. The van der Waals surface area contributed by atoms with Crippen LogP contribution in [0.2, 0.25) is 0 Å². The Hall–Kier alpha value is -2.33. The van der Waals surface area contributed by atoms with Gasteiger partial charge in [0.25, 0.3) is 0 Å². The van der Waals surface area contributed by atoms with Gasteiger partial charge in [0, 0.05) is 12.2 Å². The molecule has 0 spiro atoms. The number of hydrogen-bond donors (Lipinski definition) is 1. The van der Waals surface area contributed by atoms with E-state index >= 15 is 0 Å². The van der Waals surface area contributed by atoms with Gasteiger partial charge in [0.05, 0.1) is 12.6 Å². The van der Waals surface area contributed by atoms with Gasteiger partial charge in [-0.3, -0.25) is 9.69 Å². The number of benzene rings is 2. The standard InChI is InChI=1S/C19H24N2O2/c1-4-23-18-12-10-17(11-13-18)20-19(22)15(2)21(3)14-16-8-6-5-7-9-16/h5-13,15H,4,14H2,1-3H3,(H,20,22)/t15-/m0/s1. The van der Waals surface area contributed by atoms with Crippen LogP contribution in [0.4, 0.5) is 5.69 Å². The van der Waals surface area contributed by atoms with E-state index < -0.39 is 0 Å². The number of rotatable bonds is 7. The zero-order valence-corrected chi connectivity index (χ0v) is 14.0. The number of amides is 1. The summed E-state index contributed by atoms with van der Waals surface area (Å²) in [6.07, 6.45) is 0. The molecule has 0 aliphatic carbocycles. The highest BCUT2D eigenvalue weighted by molar-refractivity contribution is 5.94. The molecule has 0 aromatic heterocycles.